The van der Waals surface area contributed by atoms with E-state index in [0.717, 1.165) is 32.1 Å². The summed E-state index contributed by atoms with van der Waals surface area (Å²) in [6.45, 7) is 4.29. The van der Waals surface area contributed by atoms with Gasteiger partial charge < -0.3 is 9.57 Å². The monoisotopic (exact) mass is 408 g/mol. The second-order valence-electron chi connectivity index (χ2n) is 7.41. The Morgan fingerprint density at radius 3 is 2.21 bits per heavy atom. The summed E-state index contributed by atoms with van der Waals surface area (Å²) < 4.78 is 5.54. The van der Waals surface area contributed by atoms with Crippen LogP contribution in [0.15, 0.2) is 24.3 Å². The third kappa shape index (κ3) is 9.85. The zero-order valence-electron chi connectivity index (χ0n) is 18.0. The lowest BCUT2D eigenvalue weighted by molar-refractivity contribution is -0.384. The normalized spacial score (nSPS) is 13.1. The van der Waals surface area contributed by atoms with E-state index in [0.29, 0.717) is 12.2 Å². The van der Waals surface area contributed by atoms with Gasteiger partial charge in [-0.05, 0) is 25.0 Å². The molecule has 1 aromatic rings. The Kier molecular flexibility index (Phi) is 12.9. The molecule has 0 saturated heterocycles. The van der Waals surface area contributed by atoms with Gasteiger partial charge in [0.05, 0.1) is 18.0 Å². The molecule has 1 N–H and O–H groups in total. The quantitative estimate of drug-likeness (QED) is 0.126. The highest BCUT2D eigenvalue weighted by molar-refractivity contribution is 5.76. The van der Waals surface area contributed by atoms with Crippen LogP contribution >= 0.6 is 0 Å². The Morgan fingerprint density at radius 1 is 1.00 bits per heavy atom. The van der Waals surface area contributed by atoms with Crippen molar-refractivity contribution in [1.29, 1.82) is 0 Å². The molecule has 7 nitrogen and oxygen atoms in total. The maximum Gasteiger partial charge on any atom is 0.316 e. The number of hydroxylamine groups is 1. The maximum atomic E-state index is 12.9. The number of nitrogens with one attached hydrogen (secondary N) is 1. The summed E-state index contributed by atoms with van der Waals surface area (Å²) in [5.74, 6) is -0.341. The molecule has 0 bridgehead atoms. The van der Waals surface area contributed by atoms with Crippen LogP contribution in [0.4, 0.5) is 5.69 Å². The van der Waals surface area contributed by atoms with Crippen LogP contribution in [0.3, 0.4) is 0 Å². The van der Waals surface area contributed by atoms with Gasteiger partial charge in [0, 0.05) is 18.2 Å². The molecule has 0 spiro atoms. The van der Waals surface area contributed by atoms with Crippen LogP contribution in [-0.2, 0) is 9.63 Å². The van der Waals surface area contributed by atoms with E-state index in [-0.39, 0.29) is 23.6 Å². The van der Waals surface area contributed by atoms with E-state index in [4.69, 9.17) is 9.57 Å². The summed E-state index contributed by atoms with van der Waals surface area (Å²) >= 11 is 0. The molecule has 0 aromatic heterocycles. The van der Waals surface area contributed by atoms with Crippen LogP contribution in [0.1, 0.15) is 78.1 Å². The predicted molar refractivity (Wildman–Crippen MR) is 114 cm³/mol. The Balaban J connectivity index is 2.72. The molecule has 164 valence electrons. The van der Waals surface area contributed by atoms with Crippen molar-refractivity contribution in [2.75, 3.05) is 7.11 Å². The summed E-state index contributed by atoms with van der Waals surface area (Å²) in [5, 5.41) is 10.8. The van der Waals surface area contributed by atoms with Crippen LogP contribution < -0.4 is 10.2 Å². The highest BCUT2D eigenvalue weighted by atomic mass is 16.6. The molecular formula is C22H36N2O5. The maximum absolute atomic E-state index is 12.9. The fourth-order valence-corrected chi connectivity index (χ4v) is 3.37. The summed E-state index contributed by atoms with van der Waals surface area (Å²) in [7, 11) is 1.56. The van der Waals surface area contributed by atoms with Gasteiger partial charge >= 0.3 is 5.97 Å². The Morgan fingerprint density at radius 2 is 1.62 bits per heavy atom. The first kappa shape index (κ1) is 25.0. The molecule has 0 fully saturated rings. The lowest BCUT2D eigenvalue weighted by atomic mass is 9.90. The minimum Gasteiger partial charge on any atom is -0.426 e. The van der Waals surface area contributed by atoms with Crippen LogP contribution in [0.5, 0.6) is 5.75 Å². The van der Waals surface area contributed by atoms with Crippen LogP contribution in [-0.4, -0.2) is 24.0 Å². The minimum absolute atomic E-state index is 0.0330. The number of benzene rings is 1. The molecule has 0 amide bonds. The highest BCUT2D eigenvalue weighted by Gasteiger charge is 2.29. The smallest absolute Gasteiger partial charge is 0.316 e. The van der Waals surface area contributed by atoms with Crippen molar-refractivity contribution in [2.24, 2.45) is 5.92 Å². The third-order valence-electron chi connectivity index (χ3n) is 5.06. The first-order valence-electron chi connectivity index (χ1n) is 10.8. The van der Waals surface area contributed by atoms with E-state index in [1.54, 1.807) is 7.11 Å². The molecule has 0 radical (unpaired) electrons. The van der Waals surface area contributed by atoms with Gasteiger partial charge in [0.25, 0.3) is 5.69 Å². The van der Waals surface area contributed by atoms with Crippen molar-refractivity contribution in [3.8, 4) is 5.75 Å². The zero-order chi connectivity index (χ0) is 21.5. The molecule has 0 saturated carbocycles. The number of ether oxygens (including phenoxy) is 1. The molecule has 2 atom stereocenters. The van der Waals surface area contributed by atoms with E-state index in [1.165, 1.54) is 49.9 Å². The number of hydrogen-bond acceptors (Lipinski definition) is 6. The van der Waals surface area contributed by atoms with Crippen molar-refractivity contribution in [1.82, 2.24) is 5.48 Å². The first-order valence-corrected chi connectivity index (χ1v) is 10.8. The van der Waals surface area contributed by atoms with E-state index >= 15 is 0 Å². The molecule has 0 unspecified atom stereocenters. The SMILES string of the molecule is CCCCCCCC[C@@H](NOC)[C@H](CCCC)C(=O)Oc1ccc([N+](=O)[O-])cc1. The summed E-state index contributed by atoms with van der Waals surface area (Å²) in [5.41, 5.74) is 2.96. The van der Waals surface area contributed by atoms with E-state index < -0.39 is 4.92 Å². The van der Waals surface area contributed by atoms with E-state index in [9.17, 15) is 14.9 Å². The van der Waals surface area contributed by atoms with Crippen LogP contribution in [0.25, 0.3) is 0 Å². The molecule has 7 heteroatoms. The molecule has 29 heavy (non-hydrogen) atoms. The molecular weight excluding hydrogens is 372 g/mol. The van der Waals surface area contributed by atoms with Crippen molar-refractivity contribution in [3.05, 3.63) is 34.4 Å². The molecule has 0 heterocycles. The summed E-state index contributed by atoms with van der Waals surface area (Å²) in [4.78, 5) is 28.3. The topological polar surface area (TPSA) is 90.7 Å². The number of esters is 1. The van der Waals surface area contributed by atoms with Gasteiger partial charge in [0.1, 0.15) is 5.75 Å². The van der Waals surface area contributed by atoms with Gasteiger partial charge in [-0.15, -0.1) is 0 Å². The Labute approximate surface area is 174 Å². The van der Waals surface area contributed by atoms with Crippen molar-refractivity contribution in [3.63, 3.8) is 0 Å². The molecule has 0 aliphatic rings. The number of hydrogen-bond donors (Lipinski definition) is 1. The van der Waals surface area contributed by atoms with Gasteiger partial charge in [-0.25, -0.2) is 0 Å². The molecule has 0 aliphatic heterocycles. The lowest BCUT2D eigenvalue weighted by Crippen LogP contribution is -2.41. The number of carbonyl (C=O) groups is 1. The fourth-order valence-electron chi connectivity index (χ4n) is 3.37. The van der Waals surface area contributed by atoms with Crippen LogP contribution in [0, 0.1) is 16.0 Å². The van der Waals surface area contributed by atoms with E-state index in [1.807, 2.05) is 0 Å². The standard InChI is InChI=1S/C22H36N2O5/c1-4-6-8-9-10-11-13-21(23-28-3)20(12-7-5-2)22(25)29-19-16-14-18(15-17-19)24(26)27/h14-17,20-21,23H,4-13H2,1-3H3/t20-,21+/m0/s1. The van der Waals surface area contributed by atoms with Gasteiger partial charge in [-0.2, -0.15) is 5.48 Å². The Bertz CT molecular complexity index is 591. The van der Waals surface area contributed by atoms with Crippen LogP contribution in [0.2, 0.25) is 0 Å². The highest BCUT2D eigenvalue weighted by Crippen LogP contribution is 2.23. The van der Waals surface area contributed by atoms with Gasteiger partial charge in [0.2, 0.25) is 0 Å². The summed E-state index contributed by atoms with van der Waals surface area (Å²) in [6, 6.07) is 5.47. The average Bonchev–Trinajstić information content (AvgIpc) is 2.71. The minimum atomic E-state index is -0.477. The fraction of sp³-hybridized carbons (Fsp3) is 0.682. The van der Waals surface area contributed by atoms with Crippen molar-refractivity contribution in [2.45, 2.75) is 84.1 Å². The second kappa shape index (κ2) is 14.9. The van der Waals surface area contributed by atoms with E-state index in [2.05, 4.69) is 19.3 Å². The Hall–Kier alpha value is -1.99. The molecule has 0 aliphatic carbocycles. The number of unbranched alkanes of at least 4 members (excludes halogenated alkanes) is 6. The van der Waals surface area contributed by atoms with Crippen molar-refractivity contribution < 1.29 is 19.3 Å². The number of nitro benzene ring substituents is 1. The largest absolute Gasteiger partial charge is 0.426 e. The average molecular weight is 409 g/mol. The number of rotatable bonds is 16. The van der Waals surface area contributed by atoms with Gasteiger partial charge in [0.15, 0.2) is 0 Å². The third-order valence-corrected chi connectivity index (χ3v) is 5.06. The van der Waals surface area contributed by atoms with Gasteiger partial charge in [-0.1, -0.05) is 65.2 Å². The molecule has 1 aromatic carbocycles. The number of non-ortho nitro benzene ring substituents is 1. The number of nitro groups is 1. The van der Waals surface area contributed by atoms with Crippen molar-refractivity contribution >= 4 is 11.7 Å². The predicted octanol–water partition coefficient (Wildman–Crippen LogP) is 5.58. The second-order valence-corrected chi connectivity index (χ2v) is 7.41. The lowest BCUT2D eigenvalue weighted by Gasteiger charge is -2.26. The number of carbonyl (C=O) groups excluding carboxylic acids is 1. The number of nitrogens with zero attached hydrogens (tertiary/aromatic N) is 1. The first-order chi connectivity index (χ1) is 14.0. The van der Waals surface area contributed by atoms with Gasteiger partial charge in [-0.3, -0.25) is 14.9 Å². The summed E-state index contributed by atoms with van der Waals surface area (Å²) in [6.07, 6.45) is 10.6. The molecule has 1 rings (SSSR count). The zero-order valence-corrected chi connectivity index (χ0v) is 18.0.